The largest absolute Gasteiger partial charge is 0.348 e. The molecule has 0 aromatic heterocycles. The second-order valence-corrected chi connectivity index (χ2v) is 5.04. The molecule has 1 fully saturated rings. The lowest BCUT2D eigenvalue weighted by molar-refractivity contribution is 0.0932. The summed E-state index contributed by atoms with van der Waals surface area (Å²) in [5, 5.41) is 8.57. The predicted octanol–water partition coefficient (Wildman–Crippen LogP) is 2.74. The number of halogens is 1. The number of carbonyl (C=O) groups is 1. The molecule has 0 bridgehead atoms. The molecule has 106 valence electrons. The third kappa shape index (κ3) is 3.11. The van der Waals surface area contributed by atoms with Crippen molar-refractivity contribution in [3.8, 4) is 0 Å². The minimum absolute atomic E-state index is 0. The number of amides is 1. The van der Waals surface area contributed by atoms with Crippen LogP contribution in [-0.4, -0.2) is 25.0 Å². The number of rotatable bonds is 2. The molecule has 1 amide bonds. The van der Waals surface area contributed by atoms with Gasteiger partial charge in [-0.15, -0.1) is 12.4 Å². The summed E-state index contributed by atoms with van der Waals surface area (Å²) in [7, 11) is 0. The molecule has 2 aromatic carbocycles. The Hall–Kier alpha value is -1.58. The molecule has 3 nitrogen and oxygen atoms in total. The van der Waals surface area contributed by atoms with Crippen LogP contribution in [0.15, 0.2) is 42.5 Å². The Kier molecular flexibility index (Phi) is 4.99. The van der Waals surface area contributed by atoms with Gasteiger partial charge in [-0.2, -0.15) is 0 Å². The van der Waals surface area contributed by atoms with Gasteiger partial charge >= 0.3 is 0 Å². The van der Waals surface area contributed by atoms with Crippen molar-refractivity contribution in [2.75, 3.05) is 13.1 Å². The number of nitrogens with one attached hydrogen (secondary N) is 2. The van der Waals surface area contributed by atoms with Crippen LogP contribution in [-0.2, 0) is 0 Å². The zero-order valence-electron chi connectivity index (χ0n) is 11.3. The minimum atomic E-state index is 0. The quantitative estimate of drug-likeness (QED) is 0.893. The summed E-state index contributed by atoms with van der Waals surface area (Å²) < 4.78 is 0. The summed E-state index contributed by atoms with van der Waals surface area (Å²) >= 11 is 0. The normalized spacial score (nSPS) is 18.3. The van der Waals surface area contributed by atoms with Crippen LogP contribution >= 0.6 is 12.4 Å². The molecular formula is C16H19ClN2O. The zero-order chi connectivity index (χ0) is 13.1. The van der Waals surface area contributed by atoms with E-state index in [4.69, 9.17) is 0 Å². The Bertz CT molecular complexity index is 589. The average Bonchev–Trinajstić information content (AvgIpc) is 2.47. The van der Waals surface area contributed by atoms with Crippen molar-refractivity contribution in [2.24, 2.45) is 0 Å². The molecule has 1 saturated heterocycles. The van der Waals surface area contributed by atoms with Crippen LogP contribution < -0.4 is 10.6 Å². The molecule has 2 aromatic rings. The molecule has 2 N–H and O–H groups in total. The first-order chi connectivity index (χ1) is 9.34. The SMILES string of the molecule is Cl.O=C(NC1CCCNC1)c1cccc2ccccc12. The van der Waals surface area contributed by atoms with Crippen molar-refractivity contribution < 1.29 is 4.79 Å². The van der Waals surface area contributed by atoms with Gasteiger partial charge in [-0.05, 0) is 36.2 Å². The second-order valence-electron chi connectivity index (χ2n) is 5.04. The van der Waals surface area contributed by atoms with Crippen LogP contribution in [0.25, 0.3) is 10.8 Å². The Labute approximate surface area is 125 Å². The highest BCUT2D eigenvalue weighted by atomic mass is 35.5. The number of carbonyl (C=O) groups excluding carboxylic acids is 1. The van der Waals surface area contributed by atoms with Crippen molar-refractivity contribution in [2.45, 2.75) is 18.9 Å². The molecule has 1 heterocycles. The highest BCUT2D eigenvalue weighted by Gasteiger charge is 2.17. The molecule has 1 atom stereocenters. The number of piperidine rings is 1. The average molecular weight is 291 g/mol. The van der Waals surface area contributed by atoms with E-state index in [2.05, 4.69) is 10.6 Å². The molecule has 1 aliphatic heterocycles. The van der Waals surface area contributed by atoms with E-state index in [0.29, 0.717) is 0 Å². The molecule has 3 rings (SSSR count). The highest BCUT2D eigenvalue weighted by molar-refractivity contribution is 6.07. The predicted molar refractivity (Wildman–Crippen MR) is 84.6 cm³/mol. The van der Waals surface area contributed by atoms with Gasteiger partial charge < -0.3 is 10.6 Å². The second kappa shape index (κ2) is 6.73. The van der Waals surface area contributed by atoms with Gasteiger partial charge in [-0.25, -0.2) is 0 Å². The van der Waals surface area contributed by atoms with E-state index in [1.807, 2.05) is 42.5 Å². The summed E-state index contributed by atoms with van der Waals surface area (Å²) in [5.41, 5.74) is 0.767. The van der Waals surface area contributed by atoms with Crippen LogP contribution in [0, 0.1) is 0 Å². The van der Waals surface area contributed by atoms with Gasteiger partial charge in [0.05, 0.1) is 0 Å². The van der Waals surface area contributed by atoms with Crippen LogP contribution in [0.5, 0.6) is 0 Å². The molecule has 0 aliphatic carbocycles. The third-order valence-corrected chi connectivity index (χ3v) is 3.67. The van der Waals surface area contributed by atoms with Gasteiger partial charge in [0.15, 0.2) is 0 Å². The standard InChI is InChI=1S/C16H18N2O.ClH/c19-16(18-13-7-4-10-17-11-13)15-9-3-6-12-5-1-2-8-14(12)15;/h1-3,5-6,8-9,13,17H,4,7,10-11H2,(H,18,19);1H. The zero-order valence-corrected chi connectivity index (χ0v) is 12.1. The number of hydrogen-bond acceptors (Lipinski definition) is 2. The van der Waals surface area contributed by atoms with Crippen molar-refractivity contribution >= 4 is 29.1 Å². The van der Waals surface area contributed by atoms with Crippen LogP contribution in [0.1, 0.15) is 23.2 Å². The van der Waals surface area contributed by atoms with Gasteiger partial charge in [0, 0.05) is 18.2 Å². The molecule has 20 heavy (non-hydrogen) atoms. The smallest absolute Gasteiger partial charge is 0.252 e. The Balaban J connectivity index is 0.00000147. The fourth-order valence-electron chi connectivity index (χ4n) is 2.66. The van der Waals surface area contributed by atoms with Crippen LogP contribution in [0.2, 0.25) is 0 Å². The van der Waals surface area contributed by atoms with Gasteiger partial charge in [0.25, 0.3) is 5.91 Å². The van der Waals surface area contributed by atoms with Crippen molar-refractivity contribution in [3.05, 3.63) is 48.0 Å². The first-order valence-corrected chi connectivity index (χ1v) is 6.84. The van der Waals surface area contributed by atoms with E-state index in [-0.39, 0.29) is 24.4 Å². The van der Waals surface area contributed by atoms with Crippen molar-refractivity contribution in [1.29, 1.82) is 0 Å². The summed E-state index contributed by atoms with van der Waals surface area (Å²) in [6.07, 6.45) is 2.18. The Morgan fingerprint density at radius 1 is 1.15 bits per heavy atom. The van der Waals surface area contributed by atoms with Gasteiger partial charge in [0.2, 0.25) is 0 Å². The molecule has 0 spiro atoms. The number of benzene rings is 2. The van der Waals surface area contributed by atoms with E-state index in [1.165, 1.54) is 0 Å². The lowest BCUT2D eigenvalue weighted by Gasteiger charge is -2.24. The van der Waals surface area contributed by atoms with Gasteiger partial charge in [-0.1, -0.05) is 36.4 Å². The Morgan fingerprint density at radius 3 is 2.75 bits per heavy atom. The third-order valence-electron chi connectivity index (χ3n) is 3.67. The Morgan fingerprint density at radius 2 is 1.95 bits per heavy atom. The van der Waals surface area contributed by atoms with Crippen LogP contribution in [0.3, 0.4) is 0 Å². The number of hydrogen-bond donors (Lipinski definition) is 2. The topological polar surface area (TPSA) is 41.1 Å². The maximum atomic E-state index is 12.4. The van der Waals surface area contributed by atoms with Gasteiger partial charge in [0.1, 0.15) is 0 Å². The molecule has 0 radical (unpaired) electrons. The molecule has 4 heteroatoms. The first-order valence-electron chi connectivity index (χ1n) is 6.84. The molecule has 0 saturated carbocycles. The van der Waals surface area contributed by atoms with Crippen LogP contribution in [0.4, 0.5) is 0 Å². The summed E-state index contributed by atoms with van der Waals surface area (Å²) in [4.78, 5) is 12.4. The van der Waals surface area contributed by atoms with E-state index in [1.54, 1.807) is 0 Å². The van der Waals surface area contributed by atoms with E-state index >= 15 is 0 Å². The maximum absolute atomic E-state index is 12.4. The minimum Gasteiger partial charge on any atom is -0.348 e. The fourth-order valence-corrected chi connectivity index (χ4v) is 2.66. The highest BCUT2D eigenvalue weighted by Crippen LogP contribution is 2.18. The lowest BCUT2D eigenvalue weighted by Crippen LogP contribution is -2.45. The summed E-state index contributed by atoms with van der Waals surface area (Å²) in [6, 6.07) is 14.1. The summed E-state index contributed by atoms with van der Waals surface area (Å²) in [5.74, 6) is 0.0329. The lowest BCUT2D eigenvalue weighted by atomic mass is 10.0. The molecule has 1 aliphatic rings. The monoisotopic (exact) mass is 290 g/mol. The van der Waals surface area contributed by atoms with E-state index in [9.17, 15) is 4.79 Å². The maximum Gasteiger partial charge on any atom is 0.252 e. The van der Waals surface area contributed by atoms with Crippen molar-refractivity contribution in [3.63, 3.8) is 0 Å². The first kappa shape index (κ1) is 14.8. The molecular weight excluding hydrogens is 272 g/mol. The number of fused-ring (bicyclic) bond motifs is 1. The van der Waals surface area contributed by atoms with Gasteiger partial charge in [-0.3, -0.25) is 4.79 Å². The van der Waals surface area contributed by atoms with Crippen molar-refractivity contribution in [1.82, 2.24) is 10.6 Å². The van der Waals surface area contributed by atoms with E-state index in [0.717, 1.165) is 42.3 Å². The van der Waals surface area contributed by atoms with E-state index < -0.39 is 0 Å². The fraction of sp³-hybridized carbons (Fsp3) is 0.312. The summed E-state index contributed by atoms with van der Waals surface area (Å²) in [6.45, 7) is 1.93. The molecule has 1 unspecified atom stereocenters.